The Balaban J connectivity index is 2.54. The van der Waals surface area contributed by atoms with Crippen molar-refractivity contribution in [3.8, 4) is 17.0 Å². The Labute approximate surface area is 103 Å². The van der Waals surface area contributed by atoms with Gasteiger partial charge >= 0.3 is 12.1 Å². The van der Waals surface area contributed by atoms with Crippen LogP contribution in [0.4, 0.5) is 13.2 Å². The van der Waals surface area contributed by atoms with Crippen molar-refractivity contribution in [1.29, 1.82) is 0 Å². The maximum atomic E-state index is 12.6. The number of carbonyl (C=O) groups is 1. The lowest BCUT2D eigenvalue weighted by Gasteiger charge is -2.10. The molecule has 0 bridgehead atoms. The third kappa shape index (κ3) is 2.37. The molecule has 2 N–H and O–H groups in total. The first kappa shape index (κ1) is 12.9. The Morgan fingerprint density at radius 2 is 2.00 bits per heavy atom. The van der Waals surface area contributed by atoms with Gasteiger partial charge in [-0.1, -0.05) is 11.2 Å². The fraction of sp³-hybridized carbons (Fsp3) is 0.0909. The van der Waals surface area contributed by atoms with Crippen LogP contribution >= 0.6 is 0 Å². The topological polar surface area (TPSA) is 83.6 Å². The van der Waals surface area contributed by atoms with E-state index >= 15 is 0 Å². The summed E-state index contributed by atoms with van der Waals surface area (Å²) in [5.41, 5.74) is -1.68. The molecule has 0 spiro atoms. The first-order valence-electron chi connectivity index (χ1n) is 4.90. The zero-order valence-electron chi connectivity index (χ0n) is 9.10. The second-order valence-electron chi connectivity index (χ2n) is 3.58. The van der Waals surface area contributed by atoms with E-state index in [1.165, 1.54) is 6.07 Å². The van der Waals surface area contributed by atoms with Crippen LogP contribution in [0.25, 0.3) is 11.3 Å². The number of aromatic hydroxyl groups is 1. The molecule has 0 aliphatic carbocycles. The van der Waals surface area contributed by atoms with Crippen molar-refractivity contribution < 1.29 is 32.7 Å². The van der Waals surface area contributed by atoms with E-state index in [4.69, 9.17) is 5.11 Å². The predicted molar refractivity (Wildman–Crippen MR) is 55.6 cm³/mol. The molecular formula is C11H6F3NO4. The van der Waals surface area contributed by atoms with E-state index in [-0.39, 0.29) is 11.3 Å². The molecule has 100 valence electrons. The van der Waals surface area contributed by atoms with E-state index in [2.05, 4.69) is 9.68 Å². The second kappa shape index (κ2) is 4.30. The number of aromatic nitrogens is 1. The summed E-state index contributed by atoms with van der Waals surface area (Å²) in [6.45, 7) is 0. The number of carboxylic acid groups (broad SMARTS) is 1. The van der Waals surface area contributed by atoms with Crippen molar-refractivity contribution in [2.75, 3.05) is 0 Å². The number of carboxylic acids is 1. The summed E-state index contributed by atoms with van der Waals surface area (Å²) in [6.07, 6.45) is -4.72. The first-order chi connectivity index (χ1) is 8.80. The van der Waals surface area contributed by atoms with Gasteiger partial charge in [-0.25, -0.2) is 4.79 Å². The molecule has 0 aliphatic heterocycles. The summed E-state index contributed by atoms with van der Waals surface area (Å²) in [5.74, 6) is -2.97. The fourth-order valence-electron chi connectivity index (χ4n) is 1.48. The number of para-hydroxylation sites is 1. The van der Waals surface area contributed by atoms with Crippen LogP contribution in [0.3, 0.4) is 0 Å². The molecule has 1 aromatic heterocycles. The Morgan fingerprint density at radius 1 is 1.32 bits per heavy atom. The lowest BCUT2D eigenvalue weighted by atomic mass is 10.1. The highest BCUT2D eigenvalue weighted by Gasteiger charge is 2.35. The Bertz CT molecular complexity index is 633. The molecule has 2 aromatic rings. The van der Waals surface area contributed by atoms with Crippen molar-refractivity contribution in [2.45, 2.75) is 6.18 Å². The average Bonchev–Trinajstić information content (AvgIpc) is 2.77. The van der Waals surface area contributed by atoms with Gasteiger partial charge in [0.25, 0.3) is 0 Å². The number of rotatable bonds is 2. The molecule has 8 heteroatoms. The number of hydrogen-bond acceptors (Lipinski definition) is 4. The first-order valence-corrected chi connectivity index (χ1v) is 4.90. The van der Waals surface area contributed by atoms with Gasteiger partial charge in [0, 0.05) is 11.6 Å². The third-order valence-electron chi connectivity index (χ3n) is 2.34. The smallest absolute Gasteiger partial charge is 0.419 e. The minimum atomic E-state index is -4.72. The van der Waals surface area contributed by atoms with E-state index in [0.29, 0.717) is 6.07 Å². The van der Waals surface area contributed by atoms with Crippen molar-refractivity contribution in [3.05, 3.63) is 35.6 Å². The van der Waals surface area contributed by atoms with Gasteiger partial charge in [-0.05, 0) is 12.1 Å². The number of nitrogens with zero attached hydrogens (tertiary/aromatic N) is 1. The number of halogens is 3. The Kier molecular flexibility index (Phi) is 2.93. The van der Waals surface area contributed by atoms with Crippen LogP contribution in [0.2, 0.25) is 0 Å². The predicted octanol–water partition coefficient (Wildman–Crippen LogP) is 2.76. The largest absolute Gasteiger partial charge is 0.507 e. The van der Waals surface area contributed by atoms with Crippen LogP contribution in [0.5, 0.6) is 5.75 Å². The average molecular weight is 273 g/mol. The second-order valence-corrected chi connectivity index (χ2v) is 3.58. The van der Waals surface area contributed by atoms with Gasteiger partial charge in [0.05, 0.1) is 5.56 Å². The number of phenols is 1. The van der Waals surface area contributed by atoms with Crippen LogP contribution in [0.1, 0.15) is 16.1 Å². The molecule has 0 saturated heterocycles. The monoisotopic (exact) mass is 273 g/mol. The molecule has 19 heavy (non-hydrogen) atoms. The standard InChI is InChI=1S/C11H6F3NO4/c12-11(13,14)6-3-1-2-5(9(6)16)7-4-8(10(17)18)19-15-7/h1-4,16H,(H,17,18). The molecule has 0 radical (unpaired) electrons. The molecule has 5 nitrogen and oxygen atoms in total. The van der Waals surface area contributed by atoms with Gasteiger partial charge in [-0.2, -0.15) is 13.2 Å². The molecule has 1 aromatic carbocycles. The summed E-state index contributed by atoms with van der Waals surface area (Å²) >= 11 is 0. The molecule has 0 amide bonds. The normalized spacial score (nSPS) is 11.5. The highest BCUT2D eigenvalue weighted by atomic mass is 19.4. The third-order valence-corrected chi connectivity index (χ3v) is 2.34. The molecule has 2 rings (SSSR count). The van der Waals surface area contributed by atoms with Crippen LogP contribution in [-0.4, -0.2) is 21.3 Å². The molecule has 0 unspecified atom stereocenters. The summed E-state index contributed by atoms with van der Waals surface area (Å²) in [4.78, 5) is 10.6. The van der Waals surface area contributed by atoms with Gasteiger partial charge in [0.15, 0.2) is 0 Å². The van der Waals surface area contributed by atoms with Crippen LogP contribution in [0, 0.1) is 0 Å². The Hall–Kier alpha value is -2.51. The lowest BCUT2D eigenvalue weighted by molar-refractivity contribution is -0.138. The van der Waals surface area contributed by atoms with Crippen molar-refractivity contribution in [3.63, 3.8) is 0 Å². The lowest BCUT2D eigenvalue weighted by Crippen LogP contribution is -2.05. The molecule has 0 saturated carbocycles. The van der Waals surface area contributed by atoms with Gasteiger partial charge in [-0.3, -0.25) is 0 Å². The van der Waals surface area contributed by atoms with Crippen molar-refractivity contribution in [2.24, 2.45) is 0 Å². The summed E-state index contributed by atoms with van der Waals surface area (Å²) < 4.78 is 42.2. The number of phenolic OH excluding ortho intramolecular Hbond substituents is 1. The highest BCUT2D eigenvalue weighted by Crippen LogP contribution is 2.40. The van der Waals surface area contributed by atoms with Crippen molar-refractivity contribution in [1.82, 2.24) is 5.16 Å². The van der Waals surface area contributed by atoms with E-state index in [1.54, 1.807) is 0 Å². The van der Waals surface area contributed by atoms with Gasteiger partial charge in [0.2, 0.25) is 5.76 Å². The summed E-state index contributed by atoms with van der Waals surface area (Å²) in [6, 6.07) is 3.88. The number of alkyl halides is 3. The molecule has 0 fully saturated rings. The summed E-state index contributed by atoms with van der Waals surface area (Å²) in [7, 11) is 0. The van der Waals surface area contributed by atoms with E-state index in [1.807, 2.05) is 0 Å². The minimum absolute atomic E-state index is 0.194. The maximum absolute atomic E-state index is 12.6. The van der Waals surface area contributed by atoms with E-state index in [0.717, 1.165) is 12.1 Å². The molecule has 0 aliphatic rings. The molecular weight excluding hydrogens is 267 g/mol. The zero-order valence-corrected chi connectivity index (χ0v) is 9.10. The SMILES string of the molecule is O=C(O)c1cc(-c2cccc(C(F)(F)F)c2O)no1. The van der Waals surface area contributed by atoms with E-state index in [9.17, 15) is 23.1 Å². The van der Waals surface area contributed by atoms with Gasteiger partial charge in [-0.15, -0.1) is 0 Å². The van der Waals surface area contributed by atoms with E-state index < -0.39 is 29.2 Å². The fourth-order valence-corrected chi connectivity index (χ4v) is 1.48. The number of hydrogen-bond donors (Lipinski definition) is 2. The Morgan fingerprint density at radius 3 is 2.53 bits per heavy atom. The van der Waals surface area contributed by atoms with Gasteiger partial charge < -0.3 is 14.7 Å². The number of aromatic carboxylic acids is 1. The quantitative estimate of drug-likeness (QED) is 0.878. The minimum Gasteiger partial charge on any atom is -0.507 e. The number of benzene rings is 1. The highest BCUT2D eigenvalue weighted by molar-refractivity contribution is 5.86. The maximum Gasteiger partial charge on any atom is 0.419 e. The van der Waals surface area contributed by atoms with Crippen molar-refractivity contribution >= 4 is 5.97 Å². The van der Waals surface area contributed by atoms with Crippen LogP contribution in [-0.2, 0) is 6.18 Å². The zero-order chi connectivity index (χ0) is 14.2. The molecule has 1 heterocycles. The molecule has 0 atom stereocenters. The van der Waals surface area contributed by atoms with Gasteiger partial charge in [0.1, 0.15) is 11.4 Å². The van der Waals surface area contributed by atoms with Crippen LogP contribution in [0.15, 0.2) is 28.8 Å². The summed E-state index contributed by atoms with van der Waals surface area (Å²) in [5, 5.41) is 21.5. The van der Waals surface area contributed by atoms with Crippen LogP contribution < -0.4 is 0 Å².